The Morgan fingerprint density at radius 3 is 2.72 bits per heavy atom. The van der Waals surface area contributed by atoms with Gasteiger partial charge in [-0.3, -0.25) is 0 Å². The van der Waals surface area contributed by atoms with Crippen LogP contribution in [0.5, 0.6) is 0 Å². The number of hydrogen-bond donors (Lipinski definition) is 1. The van der Waals surface area contributed by atoms with Crippen LogP contribution in [-0.4, -0.2) is 48.4 Å². The van der Waals surface area contributed by atoms with Gasteiger partial charge in [-0.25, -0.2) is 4.98 Å². The Morgan fingerprint density at radius 1 is 1.39 bits per heavy atom. The second-order valence-electron chi connectivity index (χ2n) is 4.96. The van der Waals surface area contributed by atoms with Crippen molar-refractivity contribution in [3.63, 3.8) is 0 Å². The van der Waals surface area contributed by atoms with Gasteiger partial charge in [-0.1, -0.05) is 0 Å². The average molecular weight is 250 g/mol. The summed E-state index contributed by atoms with van der Waals surface area (Å²) >= 11 is 0. The normalized spacial score (nSPS) is 15.3. The van der Waals surface area contributed by atoms with E-state index in [1.807, 2.05) is 31.3 Å². The van der Waals surface area contributed by atoms with Crippen LogP contribution in [0, 0.1) is 0 Å². The Labute approximate surface area is 108 Å². The molecule has 5 heteroatoms. The molecule has 0 aliphatic heterocycles. The molecule has 1 fully saturated rings. The summed E-state index contributed by atoms with van der Waals surface area (Å²) in [7, 11) is 3.89. The first-order valence-corrected chi connectivity index (χ1v) is 6.60. The predicted octanol–water partition coefficient (Wildman–Crippen LogP) is 1.28. The van der Waals surface area contributed by atoms with Gasteiger partial charge in [0, 0.05) is 39.5 Å². The topological polar surface area (TPSA) is 52.5 Å². The van der Waals surface area contributed by atoms with Gasteiger partial charge in [0.05, 0.1) is 0 Å². The minimum Gasteiger partial charge on any atom is -0.396 e. The SMILES string of the molecule is CN(C)c1nccc(N(CCCO)C2CCC2)n1. The number of hydrogen-bond acceptors (Lipinski definition) is 5. The monoisotopic (exact) mass is 250 g/mol. The lowest BCUT2D eigenvalue weighted by atomic mass is 9.91. The highest BCUT2D eigenvalue weighted by atomic mass is 16.3. The Hall–Kier alpha value is -1.36. The first kappa shape index (κ1) is 13.1. The maximum absolute atomic E-state index is 9.01. The molecule has 0 bridgehead atoms. The maximum Gasteiger partial charge on any atom is 0.226 e. The fourth-order valence-electron chi connectivity index (χ4n) is 2.14. The molecule has 100 valence electrons. The van der Waals surface area contributed by atoms with Gasteiger partial charge in [0.1, 0.15) is 5.82 Å². The lowest BCUT2D eigenvalue weighted by molar-refractivity contribution is 0.282. The standard InChI is InChI=1S/C13H22N4O/c1-16(2)13-14-8-7-12(15-13)17(9-4-10-18)11-5-3-6-11/h7-8,11,18H,3-6,9-10H2,1-2H3. The molecule has 1 aromatic heterocycles. The number of rotatable bonds is 6. The molecule has 1 heterocycles. The van der Waals surface area contributed by atoms with E-state index in [4.69, 9.17) is 5.11 Å². The molecule has 5 nitrogen and oxygen atoms in total. The van der Waals surface area contributed by atoms with Crippen molar-refractivity contribution >= 4 is 11.8 Å². The fraction of sp³-hybridized carbons (Fsp3) is 0.692. The van der Waals surface area contributed by atoms with Gasteiger partial charge in [-0.2, -0.15) is 4.98 Å². The smallest absolute Gasteiger partial charge is 0.226 e. The van der Waals surface area contributed by atoms with Gasteiger partial charge < -0.3 is 14.9 Å². The molecule has 1 aliphatic rings. The number of nitrogens with zero attached hydrogens (tertiary/aromatic N) is 4. The highest BCUT2D eigenvalue weighted by Crippen LogP contribution is 2.29. The van der Waals surface area contributed by atoms with E-state index in [2.05, 4.69) is 14.9 Å². The van der Waals surface area contributed by atoms with Crippen molar-refractivity contribution in [3.05, 3.63) is 12.3 Å². The fourth-order valence-corrected chi connectivity index (χ4v) is 2.14. The molecular formula is C13H22N4O. The summed E-state index contributed by atoms with van der Waals surface area (Å²) in [4.78, 5) is 13.1. The largest absolute Gasteiger partial charge is 0.396 e. The molecule has 0 unspecified atom stereocenters. The molecule has 0 aromatic carbocycles. The summed E-state index contributed by atoms with van der Waals surface area (Å²) < 4.78 is 0. The quantitative estimate of drug-likeness (QED) is 0.824. The molecule has 2 rings (SSSR count). The van der Waals surface area contributed by atoms with Crippen LogP contribution < -0.4 is 9.80 Å². The highest BCUT2D eigenvalue weighted by molar-refractivity contribution is 5.44. The molecule has 18 heavy (non-hydrogen) atoms. The van der Waals surface area contributed by atoms with E-state index in [9.17, 15) is 0 Å². The summed E-state index contributed by atoms with van der Waals surface area (Å²) in [5.74, 6) is 1.72. The molecule has 0 radical (unpaired) electrons. The Bertz CT molecular complexity index is 379. The van der Waals surface area contributed by atoms with Gasteiger partial charge in [0.15, 0.2) is 0 Å². The number of aliphatic hydroxyl groups is 1. The molecule has 1 aromatic rings. The van der Waals surface area contributed by atoms with Crippen LogP contribution in [0.25, 0.3) is 0 Å². The second-order valence-corrected chi connectivity index (χ2v) is 4.96. The van der Waals surface area contributed by atoms with Gasteiger partial charge >= 0.3 is 0 Å². The van der Waals surface area contributed by atoms with Gasteiger partial charge in [-0.15, -0.1) is 0 Å². The second kappa shape index (κ2) is 6.00. The lowest BCUT2D eigenvalue weighted by Gasteiger charge is -2.38. The molecule has 1 aliphatic carbocycles. The maximum atomic E-state index is 9.01. The van der Waals surface area contributed by atoms with Crippen LogP contribution in [0.4, 0.5) is 11.8 Å². The molecule has 1 N–H and O–H groups in total. The van der Waals surface area contributed by atoms with E-state index in [1.165, 1.54) is 19.3 Å². The van der Waals surface area contributed by atoms with Gasteiger partial charge in [0.2, 0.25) is 5.95 Å². The summed E-state index contributed by atoms with van der Waals surface area (Å²) in [6.07, 6.45) is 6.35. The molecular weight excluding hydrogens is 228 g/mol. The average Bonchev–Trinajstić information content (AvgIpc) is 2.32. The highest BCUT2D eigenvalue weighted by Gasteiger charge is 2.25. The first-order valence-electron chi connectivity index (χ1n) is 6.60. The van der Waals surface area contributed by atoms with Crippen molar-refractivity contribution in [2.24, 2.45) is 0 Å². The van der Waals surface area contributed by atoms with Crippen molar-refractivity contribution in [2.75, 3.05) is 37.0 Å². The minimum atomic E-state index is 0.231. The van der Waals surface area contributed by atoms with Crippen molar-refractivity contribution in [2.45, 2.75) is 31.7 Å². The van der Waals surface area contributed by atoms with Crippen LogP contribution in [0.3, 0.4) is 0 Å². The minimum absolute atomic E-state index is 0.231. The van der Waals surface area contributed by atoms with E-state index >= 15 is 0 Å². The number of aliphatic hydroxyl groups excluding tert-OH is 1. The van der Waals surface area contributed by atoms with E-state index in [1.54, 1.807) is 0 Å². The van der Waals surface area contributed by atoms with Gasteiger partial charge in [-0.05, 0) is 31.7 Å². The Kier molecular flexibility index (Phi) is 4.36. The van der Waals surface area contributed by atoms with E-state index in [0.29, 0.717) is 6.04 Å². The molecule has 0 amide bonds. The van der Waals surface area contributed by atoms with E-state index < -0.39 is 0 Å². The van der Waals surface area contributed by atoms with Gasteiger partial charge in [0.25, 0.3) is 0 Å². The van der Waals surface area contributed by atoms with Crippen LogP contribution in [0.1, 0.15) is 25.7 Å². The zero-order valence-electron chi connectivity index (χ0n) is 11.2. The summed E-state index contributed by atoms with van der Waals surface area (Å²) in [6.45, 7) is 1.10. The predicted molar refractivity (Wildman–Crippen MR) is 73.0 cm³/mol. The van der Waals surface area contributed by atoms with Crippen LogP contribution in [0.2, 0.25) is 0 Å². The van der Waals surface area contributed by atoms with Crippen LogP contribution >= 0.6 is 0 Å². The van der Waals surface area contributed by atoms with Crippen molar-refractivity contribution in [1.29, 1.82) is 0 Å². The lowest BCUT2D eigenvalue weighted by Crippen LogP contribution is -2.41. The number of aromatic nitrogens is 2. The summed E-state index contributed by atoms with van der Waals surface area (Å²) in [6, 6.07) is 2.55. The summed E-state index contributed by atoms with van der Waals surface area (Å²) in [5, 5.41) is 9.01. The van der Waals surface area contributed by atoms with Crippen molar-refractivity contribution in [3.8, 4) is 0 Å². The first-order chi connectivity index (χ1) is 8.72. The summed E-state index contributed by atoms with van der Waals surface area (Å²) in [5.41, 5.74) is 0. The zero-order chi connectivity index (χ0) is 13.0. The zero-order valence-corrected chi connectivity index (χ0v) is 11.2. The molecule has 0 saturated heterocycles. The molecule has 0 spiro atoms. The Morgan fingerprint density at radius 2 is 2.17 bits per heavy atom. The Balaban J connectivity index is 2.15. The van der Waals surface area contributed by atoms with Crippen LogP contribution in [0.15, 0.2) is 12.3 Å². The third kappa shape index (κ3) is 2.90. The third-order valence-corrected chi connectivity index (χ3v) is 3.40. The van der Waals surface area contributed by atoms with E-state index in [-0.39, 0.29) is 6.61 Å². The molecule has 0 atom stereocenters. The number of anilines is 2. The molecule has 1 saturated carbocycles. The van der Waals surface area contributed by atoms with Crippen molar-refractivity contribution < 1.29 is 5.11 Å². The van der Waals surface area contributed by atoms with E-state index in [0.717, 1.165) is 24.7 Å². The third-order valence-electron chi connectivity index (χ3n) is 3.40. The van der Waals surface area contributed by atoms with Crippen molar-refractivity contribution in [1.82, 2.24) is 9.97 Å². The van der Waals surface area contributed by atoms with Crippen LogP contribution in [-0.2, 0) is 0 Å².